The molecular weight excluding hydrogens is 376 g/mol. The second-order valence-electron chi connectivity index (χ2n) is 7.17. The van der Waals surface area contributed by atoms with Crippen LogP contribution in [0.15, 0.2) is 72.8 Å². The van der Waals surface area contributed by atoms with E-state index in [-0.39, 0.29) is 11.9 Å². The summed E-state index contributed by atoms with van der Waals surface area (Å²) in [5.74, 6) is 1.44. The topological polar surface area (TPSA) is 64.2 Å². The lowest BCUT2D eigenvalue weighted by Crippen LogP contribution is -2.87. The summed E-state index contributed by atoms with van der Waals surface area (Å²) in [6, 6.07) is 23.2. The lowest BCUT2D eigenvalue weighted by molar-refractivity contribution is -0.682. The van der Waals surface area contributed by atoms with Crippen LogP contribution in [-0.2, 0) is 11.2 Å². The number of aryl methyl sites for hydroxylation is 1. The summed E-state index contributed by atoms with van der Waals surface area (Å²) in [5.41, 5.74) is 3.83. The molecule has 5 heteroatoms. The maximum atomic E-state index is 13.2. The largest absolute Gasteiger partial charge is 0.496 e. The molecule has 1 atom stereocenters. The van der Waals surface area contributed by atoms with Crippen molar-refractivity contribution in [2.24, 2.45) is 0 Å². The molecule has 3 aromatic carbocycles. The van der Waals surface area contributed by atoms with E-state index in [1.165, 1.54) is 0 Å². The van der Waals surface area contributed by atoms with E-state index in [4.69, 9.17) is 9.47 Å². The molecule has 0 unspecified atom stereocenters. The molecular formula is C25H29N2O3+. The van der Waals surface area contributed by atoms with Crippen molar-refractivity contribution < 1.29 is 19.6 Å². The molecule has 3 aromatic rings. The van der Waals surface area contributed by atoms with Gasteiger partial charge in [0.05, 0.1) is 26.5 Å². The second-order valence-corrected chi connectivity index (χ2v) is 7.17. The first-order chi connectivity index (χ1) is 14.6. The summed E-state index contributed by atoms with van der Waals surface area (Å²) in [7, 11) is 3.28. The van der Waals surface area contributed by atoms with Crippen LogP contribution in [0.1, 0.15) is 22.7 Å². The number of benzene rings is 3. The molecule has 0 fully saturated rings. The molecule has 0 saturated heterocycles. The lowest BCUT2D eigenvalue weighted by Gasteiger charge is -2.18. The van der Waals surface area contributed by atoms with Crippen LogP contribution in [0.4, 0.5) is 5.69 Å². The van der Waals surface area contributed by atoms with Gasteiger partial charge in [-0.3, -0.25) is 4.79 Å². The number of nitrogens with one attached hydrogen (secondary N) is 1. The lowest BCUT2D eigenvalue weighted by atomic mass is 10.0. The third-order valence-electron chi connectivity index (χ3n) is 5.06. The van der Waals surface area contributed by atoms with Crippen molar-refractivity contribution in [2.75, 3.05) is 26.1 Å². The summed E-state index contributed by atoms with van der Waals surface area (Å²) < 4.78 is 10.9. The Morgan fingerprint density at radius 1 is 0.933 bits per heavy atom. The maximum Gasteiger partial charge on any atom is 0.287 e. The minimum absolute atomic E-state index is 0.0786. The first kappa shape index (κ1) is 21.4. The Balaban J connectivity index is 1.76. The predicted octanol–water partition coefficient (Wildman–Crippen LogP) is 3.50. The van der Waals surface area contributed by atoms with Gasteiger partial charge in [-0.05, 0) is 36.2 Å². The SMILES string of the molecule is COc1ccccc1CC[NH2+][C@@H](C(=O)Nc1cc(C)ccc1OC)c1ccccc1. The molecule has 0 aromatic heterocycles. The number of nitrogens with two attached hydrogens (primary N) is 1. The van der Waals surface area contributed by atoms with E-state index in [9.17, 15) is 4.79 Å². The van der Waals surface area contributed by atoms with Crippen LogP contribution in [0.3, 0.4) is 0 Å². The highest BCUT2D eigenvalue weighted by atomic mass is 16.5. The molecule has 5 nitrogen and oxygen atoms in total. The first-order valence-electron chi connectivity index (χ1n) is 10.1. The van der Waals surface area contributed by atoms with E-state index in [1.807, 2.05) is 73.7 Å². The van der Waals surface area contributed by atoms with Gasteiger partial charge in [0.1, 0.15) is 11.5 Å². The Hall–Kier alpha value is -3.31. The minimum Gasteiger partial charge on any atom is -0.496 e. The number of rotatable bonds is 9. The van der Waals surface area contributed by atoms with E-state index in [0.29, 0.717) is 11.4 Å². The third-order valence-corrected chi connectivity index (χ3v) is 5.06. The van der Waals surface area contributed by atoms with E-state index in [2.05, 4.69) is 16.7 Å². The molecule has 0 saturated carbocycles. The van der Waals surface area contributed by atoms with Gasteiger partial charge in [-0.1, -0.05) is 54.6 Å². The maximum absolute atomic E-state index is 13.2. The molecule has 156 valence electrons. The van der Waals surface area contributed by atoms with Crippen LogP contribution in [0.5, 0.6) is 11.5 Å². The zero-order valence-corrected chi connectivity index (χ0v) is 17.7. The standard InChI is InChI=1S/C25H28N2O3/c1-18-13-14-23(30-3)21(17-18)27-25(28)24(20-10-5-4-6-11-20)26-16-15-19-9-7-8-12-22(19)29-2/h4-14,17,24,26H,15-16H2,1-3H3,(H,27,28)/p+1/t24-/m1/s1. The van der Waals surface area contributed by atoms with Gasteiger partial charge in [0.25, 0.3) is 5.91 Å². The predicted molar refractivity (Wildman–Crippen MR) is 119 cm³/mol. The van der Waals surface area contributed by atoms with Crippen molar-refractivity contribution in [3.63, 3.8) is 0 Å². The molecule has 0 aliphatic rings. The van der Waals surface area contributed by atoms with Gasteiger partial charge in [-0.2, -0.15) is 0 Å². The van der Waals surface area contributed by atoms with Crippen molar-refractivity contribution in [1.29, 1.82) is 0 Å². The summed E-state index contributed by atoms with van der Waals surface area (Å²) in [5, 5.41) is 5.12. The van der Waals surface area contributed by atoms with E-state index in [1.54, 1.807) is 14.2 Å². The fourth-order valence-corrected chi connectivity index (χ4v) is 3.50. The number of ether oxygens (including phenoxy) is 2. The number of anilines is 1. The Labute approximate surface area is 178 Å². The highest BCUT2D eigenvalue weighted by molar-refractivity contribution is 5.95. The van der Waals surface area contributed by atoms with Crippen molar-refractivity contribution in [2.45, 2.75) is 19.4 Å². The number of hydrogen-bond donors (Lipinski definition) is 2. The van der Waals surface area contributed by atoms with Gasteiger partial charge in [-0.15, -0.1) is 0 Å². The molecule has 0 spiro atoms. The summed E-state index contributed by atoms with van der Waals surface area (Å²) in [6.45, 7) is 2.74. The quantitative estimate of drug-likeness (QED) is 0.573. The number of carbonyl (C=O) groups excluding carboxylic acids is 1. The highest BCUT2D eigenvalue weighted by Gasteiger charge is 2.25. The van der Waals surface area contributed by atoms with E-state index in [0.717, 1.165) is 35.4 Å². The zero-order chi connectivity index (χ0) is 21.3. The Kier molecular flexibility index (Phi) is 7.46. The van der Waals surface area contributed by atoms with Gasteiger partial charge < -0.3 is 20.1 Å². The fraction of sp³-hybridized carbons (Fsp3) is 0.240. The molecule has 0 bridgehead atoms. The highest BCUT2D eigenvalue weighted by Crippen LogP contribution is 2.26. The first-order valence-corrected chi connectivity index (χ1v) is 10.1. The molecule has 0 radical (unpaired) electrons. The molecule has 1 amide bonds. The molecule has 3 rings (SSSR count). The Morgan fingerprint density at radius 2 is 1.63 bits per heavy atom. The normalized spacial score (nSPS) is 11.6. The summed E-state index contributed by atoms with van der Waals surface area (Å²) >= 11 is 0. The van der Waals surface area contributed by atoms with E-state index < -0.39 is 0 Å². The number of amides is 1. The number of carbonyl (C=O) groups is 1. The van der Waals surface area contributed by atoms with Crippen LogP contribution in [0.25, 0.3) is 0 Å². The average molecular weight is 406 g/mol. The molecule has 30 heavy (non-hydrogen) atoms. The average Bonchev–Trinajstić information content (AvgIpc) is 2.77. The van der Waals surface area contributed by atoms with Crippen molar-refractivity contribution in [3.05, 3.63) is 89.5 Å². The van der Waals surface area contributed by atoms with E-state index >= 15 is 0 Å². The summed E-state index contributed by atoms with van der Waals surface area (Å²) in [6.07, 6.45) is 0.800. The van der Waals surface area contributed by atoms with Gasteiger partial charge in [0, 0.05) is 12.0 Å². The number of para-hydroxylation sites is 1. The minimum atomic E-state index is -0.369. The Bertz CT molecular complexity index is 973. The molecule has 3 N–H and O–H groups in total. The third kappa shape index (κ3) is 5.39. The van der Waals surface area contributed by atoms with Gasteiger partial charge in [0.15, 0.2) is 6.04 Å². The van der Waals surface area contributed by atoms with Crippen molar-refractivity contribution in [1.82, 2.24) is 0 Å². The van der Waals surface area contributed by atoms with Gasteiger partial charge >= 0.3 is 0 Å². The van der Waals surface area contributed by atoms with Crippen LogP contribution in [0.2, 0.25) is 0 Å². The number of hydrogen-bond acceptors (Lipinski definition) is 3. The monoisotopic (exact) mass is 405 g/mol. The van der Waals surface area contributed by atoms with Crippen LogP contribution >= 0.6 is 0 Å². The smallest absolute Gasteiger partial charge is 0.287 e. The number of quaternary nitrogens is 1. The second kappa shape index (κ2) is 10.5. The van der Waals surface area contributed by atoms with Crippen LogP contribution < -0.4 is 20.1 Å². The molecule has 0 aliphatic heterocycles. The summed E-state index contributed by atoms with van der Waals surface area (Å²) in [4.78, 5) is 13.2. The van der Waals surface area contributed by atoms with Crippen molar-refractivity contribution in [3.8, 4) is 11.5 Å². The van der Waals surface area contributed by atoms with Gasteiger partial charge in [-0.25, -0.2) is 0 Å². The number of methoxy groups -OCH3 is 2. The van der Waals surface area contributed by atoms with Crippen LogP contribution in [0, 0.1) is 6.92 Å². The molecule has 0 aliphatic carbocycles. The molecule has 0 heterocycles. The zero-order valence-electron chi connectivity index (χ0n) is 17.7. The fourth-order valence-electron chi connectivity index (χ4n) is 3.50. The van der Waals surface area contributed by atoms with Gasteiger partial charge in [0.2, 0.25) is 0 Å². The Morgan fingerprint density at radius 3 is 2.37 bits per heavy atom. The van der Waals surface area contributed by atoms with Crippen LogP contribution in [-0.4, -0.2) is 26.7 Å². The van der Waals surface area contributed by atoms with Crippen molar-refractivity contribution >= 4 is 11.6 Å².